The van der Waals surface area contributed by atoms with E-state index in [4.69, 9.17) is 21.1 Å². The lowest BCUT2D eigenvalue weighted by atomic mass is 10.2. The lowest BCUT2D eigenvalue weighted by molar-refractivity contribution is 0.0383. The summed E-state index contributed by atoms with van der Waals surface area (Å²) in [6.45, 7) is 7.30. The number of aryl methyl sites for hydroxylation is 1. The quantitative estimate of drug-likeness (QED) is 0.782. The van der Waals surface area contributed by atoms with Crippen LogP contribution in [0.1, 0.15) is 20.8 Å². The van der Waals surface area contributed by atoms with Crippen LogP contribution in [-0.4, -0.2) is 50.2 Å². The van der Waals surface area contributed by atoms with Crippen molar-refractivity contribution in [2.75, 3.05) is 39.4 Å². The van der Waals surface area contributed by atoms with Gasteiger partial charge in [0.2, 0.25) is 0 Å². The summed E-state index contributed by atoms with van der Waals surface area (Å²) in [6.07, 6.45) is 0. The van der Waals surface area contributed by atoms with Gasteiger partial charge in [0.25, 0.3) is 5.91 Å². The van der Waals surface area contributed by atoms with Crippen molar-refractivity contribution in [1.82, 2.24) is 10.2 Å². The number of ether oxygens (including phenoxy) is 2. The normalized spacial score (nSPS) is 15.0. The van der Waals surface area contributed by atoms with E-state index in [0.717, 1.165) is 49.7 Å². The van der Waals surface area contributed by atoms with Gasteiger partial charge in [-0.3, -0.25) is 9.69 Å². The highest BCUT2D eigenvalue weighted by atomic mass is 35.5. The maximum atomic E-state index is 12.3. The highest BCUT2D eigenvalue weighted by Crippen LogP contribution is 2.23. The zero-order chi connectivity index (χ0) is 18.4. The summed E-state index contributed by atoms with van der Waals surface area (Å²) in [4.78, 5) is 15.3. The van der Waals surface area contributed by atoms with E-state index in [1.807, 2.05) is 36.6 Å². The lowest BCUT2D eigenvalue weighted by Crippen LogP contribution is -2.41. The van der Waals surface area contributed by atoms with Crippen LogP contribution in [0.5, 0.6) is 5.75 Å². The van der Waals surface area contributed by atoms with E-state index in [2.05, 4.69) is 10.2 Å². The molecule has 5 nitrogen and oxygen atoms in total. The molecule has 3 rings (SSSR count). The molecule has 0 unspecified atom stereocenters. The second-order valence-electron chi connectivity index (χ2n) is 6.23. The molecule has 1 fully saturated rings. The zero-order valence-electron chi connectivity index (χ0n) is 14.8. The van der Waals surface area contributed by atoms with Crippen LogP contribution >= 0.6 is 22.9 Å². The number of carbonyl (C=O) groups excluding carboxylic acids is 1. The van der Waals surface area contributed by atoms with Gasteiger partial charge in [0.05, 0.1) is 18.1 Å². The van der Waals surface area contributed by atoms with Crippen LogP contribution < -0.4 is 10.1 Å². The third-order valence-corrected chi connectivity index (χ3v) is 5.44. The van der Waals surface area contributed by atoms with E-state index in [0.29, 0.717) is 23.1 Å². The van der Waals surface area contributed by atoms with Crippen LogP contribution in [0, 0.1) is 6.92 Å². The number of benzene rings is 1. The molecule has 0 atom stereocenters. The molecule has 0 radical (unpaired) electrons. The van der Waals surface area contributed by atoms with Crippen molar-refractivity contribution in [3.8, 4) is 5.75 Å². The Morgan fingerprint density at radius 2 is 2.15 bits per heavy atom. The van der Waals surface area contributed by atoms with Crippen molar-refractivity contribution in [2.45, 2.75) is 13.5 Å². The van der Waals surface area contributed by atoms with Crippen LogP contribution in [0.25, 0.3) is 0 Å². The molecule has 26 heavy (non-hydrogen) atoms. The molecule has 1 aromatic heterocycles. The minimum Gasteiger partial charge on any atom is -0.489 e. The first-order valence-corrected chi connectivity index (χ1v) is 9.92. The number of nitrogens with zero attached hydrogens (tertiary/aromatic N) is 1. The fraction of sp³-hybridized carbons (Fsp3) is 0.421. The van der Waals surface area contributed by atoms with Crippen LogP contribution in [0.15, 0.2) is 29.6 Å². The second-order valence-corrected chi connectivity index (χ2v) is 7.58. The molecule has 140 valence electrons. The van der Waals surface area contributed by atoms with Crippen molar-refractivity contribution in [3.63, 3.8) is 0 Å². The van der Waals surface area contributed by atoms with Crippen LogP contribution in [0.4, 0.5) is 0 Å². The van der Waals surface area contributed by atoms with Crippen molar-refractivity contribution >= 4 is 28.8 Å². The maximum Gasteiger partial charge on any atom is 0.261 e. The SMILES string of the molecule is Cc1cc(Cl)ccc1OCc1csc(C(=O)NCCN2CCOCC2)c1. The molecule has 0 bridgehead atoms. The van der Waals surface area contributed by atoms with Gasteiger partial charge in [-0.05, 0) is 42.1 Å². The monoisotopic (exact) mass is 394 g/mol. The number of thiophene rings is 1. The average molecular weight is 395 g/mol. The molecule has 0 saturated carbocycles. The summed E-state index contributed by atoms with van der Waals surface area (Å²) < 4.78 is 11.2. The van der Waals surface area contributed by atoms with Crippen LogP contribution in [-0.2, 0) is 11.3 Å². The minimum atomic E-state index is -0.0304. The Labute approximate surface area is 162 Å². The number of rotatable bonds is 7. The molecule has 2 heterocycles. The Bertz CT molecular complexity index is 744. The third-order valence-electron chi connectivity index (χ3n) is 4.23. The first-order chi connectivity index (χ1) is 12.6. The highest BCUT2D eigenvalue weighted by Gasteiger charge is 2.12. The van der Waals surface area contributed by atoms with Gasteiger partial charge in [-0.2, -0.15) is 0 Å². The van der Waals surface area contributed by atoms with Crippen molar-refractivity contribution in [1.29, 1.82) is 0 Å². The average Bonchev–Trinajstić information content (AvgIpc) is 3.11. The summed E-state index contributed by atoms with van der Waals surface area (Å²) in [6, 6.07) is 7.44. The molecular formula is C19H23ClN2O3S. The molecular weight excluding hydrogens is 372 g/mol. The fourth-order valence-electron chi connectivity index (χ4n) is 2.75. The molecule has 0 spiro atoms. The van der Waals surface area contributed by atoms with E-state index >= 15 is 0 Å². The van der Waals surface area contributed by atoms with Gasteiger partial charge in [-0.15, -0.1) is 11.3 Å². The molecule has 1 aliphatic heterocycles. The first kappa shape index (κ1) is 19.2. The molecule has 7 heteroatoms. The predicted octanol–water partition coefficient (Wildman–Crippen LogP) is 3.35. The number of amides is 1. The Hall–Kier alpha value is -1.60. The van der Waals surface area contributed by atoms with E-state index in [9.17, 15) is 4.79 Å². The zero-order valence-corrected chi connectivity index (χ0v) is 16.4. The Balaban J connectivity index is 1.45. The summed E-state index contributed by atoms with van der Waals surface area (Å²) in [7, 11) is 0. The molecule has 1 saturated heterocycles. The van der Waals surface area contributed by atoms with Crippen molar-refractivity contribution in [2.24, 2.45) is 0 Å². The van der Waals surface area contributed by atoms with E-state index in [-0.39, 0.29) is 5.91 Å². The van der Waals surface area contributed by atoms with E-state index in [1.165, 1.54) is 11.3 Å². The maximum absolute atomic E-state index is 12.3. The number of carbonyl (C=O) groups is 1. The summed E-state index contributed by atoms with van der Waals surface area (Å²) in [5.74, 6) is 0.772. The summed E-state index contributed by atoms with van der Waals surface area (Å²) in [5, 5.41) is 5.64. The Morgan fingerprint density at radius 1 is 1.35 bits per heavy atom. The number of halogens is 1. The van der Waals surface area contributed by atoms with Crippen LogP contribution in [0.2, 0.25) is 5.02 Å². The van der Waals surface area contributed by atoms with E-state index in [1.54, 1.807) is 0 Å². The van der Waals surface area contributed by atoms with Gasteiger partial charge >= 0.3 is 0 Å². The number of hydrogen-bond acceptors (Lipinski definition) is 5. The topological polar surface area (TPSA) is 50.8 Å². The molecule has 1 aromatic carbocycles. The second kappa shape index (κ2) is 9.37. The third kappa shape index (κ3) is 5.45. The Kier molecular flexibility index (Phi) is 6.91. The number of hydrogen-bond donors (Lipinski definition) is 1. The number of nitrogens with one attached hydrogen (secondary N) is 1. The lowest BCUT2D eigenvalue weighted by Gasteiger charge is -2.26. The number of morpholine rings is 1. The van der Waals surface area contributed by atoms with Crippen molar-refractivity contribution < 1.29 is 14.3 Å². The molecule has 2 aromatic rings. The van der Waals surface area contributed by atoms with Gasteiger partial charge in [0.1, 0.15) is 12.4 Å². The molecule has 1 amide bonds. The standard InChI is InChI=1S/C19H23ClN2O3S/c1-14-10-16(20)2-3-17(14)25-12-15-11-18(26-13-15)19(23)21-4-5-22-6-8-24-9-7-22/h2-3,10-11,13H,4-9,12H2,1H3,(H,21,23). The van der Waals surface area contributed by atoms with Gasteiger partial charge in [-0.25, -0.2) is 0 Å². The molecule has 0 aliphatic carbocycles. The highest BCUT2D eigenvalue weighted by molar-refractivity contribution is 7.12. The summed E-state index contributed by atoms with van der Waals surface area (Å²) >= 11 is 7.39. The van der Waals surface area contributed by atoms with Gasteiger partial charge in [0, 0.05) is 36.8 Å². The molecule has 1 N–H and O–H groups in total. The Morgan fingerprint density at radius 3 is 2.92 bits per heavy atom. The summed E-state index contributed by atoms with van der Waals surface area (Å²) in [5.41, 5.74) is 1.98. The largest absolute Gasteiger partial charge is 0.489 e. The smallest absolute Gasteiger partial charge is 0.261 e. The van der Waals surface area contributed by atoms with E-state index < -0.39 is 0 Å². The predicted molar refractivity (Wildman–Crippen MR) is 104 cm³/mol. The fourth-order valence-corrected chi connectivity index (χ4v) is 3.79. The first-order valence-electron chi connectivity index (χ1n) is 8.66. The van der Waals surface area contributed by atoms with Crippen LogP contribution in [0.3, 0.4) is 0 Å². The van der Waals surface area contributed by atoms with Gasteiger partial charge < -0.3 is 14.8 Å². The van der Waals surface area contributed by atoms with Crippen molar-refractivity contribution in [3.05, 3.63) is 50.7 Å². The minimum absolute atomic E-state index is 0.0304. The van der Waals surface area contributed by atoms with Gasteiger partial charge in [0.15, 0.2) is 0 Å². The van der Waals surface area contributed by atoms with Gasteiger partial charge in [-0.1, -0.05) is 11.6 Å². The molecule has 1 aliphatic rings.